The Hall–Kier alpha value is -2.30. The van der Waals surface area contributed by atoms with Crippen molar-refractivity contribution in [2.45, 2.75) is 6.92 Å². The fraction of sp³-hybridized carbons (Fsp3) is 0.0588. The first-order chi connectivity index (χ1) is 11.1. The molecular formula is C17H11Cl2N3O. The number of nitrogens with one attached hydrogen (secondary N) is 1. The molecule has 0 aliphatic carbocycles. The lowest BCUT2D eigenvalue weighted by Crippen LogP contribution is -1.98. The molecule has 2 aromatic heterocycles. The van der Waals surface area contributed by atoms with Crippen molar-refractivity contribution in [3.05, 3.63) is 58.3 Å². The number of benzene rings is 2. The average Bonchev–Trinajstić information content (AvgIpc) is 2.89. The zero-order chi connectivity index (χ0) is 16.0. The number of fused-ring (bicyclic) bond motifs is 3. The van der Waals surface area contributed by atoms with Crippen molar-refractivity contribution >= 4 is 56.8 Å². The fourth-order valence-corrected chi connectivity index (χ4v) is 2.96. The van der Waals surface area contributed by atoms with E-state index in [1.807, 2.05) is 31.2 Å². The highest BCUT2D eigenvalue weighted by molar-refractivity contribution is 6.36. The number of rotatable bonds is 2. The second-order valence-corrected chi connectivity index (χ2v) is 5.99. The molecule has 1 N–H and O–H groups in total. The summed E-state index contributed by atoms with van der Waals surface area (Å²) >= 11 is 12.2. The Labute approximate surface area is 142 Å². The van der Waals surface area contributed by atoms with Crippen LogP contribution in [0.2, 0.25) is 10.0 Å². The topological polar surface area (TPSA) is 51.0 Å². The van der Waals surface area contributed by atoms with Gasteiger partial charge >= 0.3 is 0 Å². The van der Waals surface area contributed by atoms with Crippen molar-refractivity contribution in [1.29, 1.82) is 0 Å². The van der Waals surface area contributed by atoms with Gasteiger partial charge in [0.1, 0.15) is 16.9 Å². The van der Waals surface area contributed by atoms with Gasteiger partial charge in [-0.3, -0.25) is 0 Å². The number of aromatic nitrogens is 2. The molecule has 0 amide bonds. The summed E-state index contributed by atoms with van der Waals surface area (Å²) in [6, 6.07) is 13.0. The monoisotopic (exact) mass is 343 g/mol. The Balaban J connectivity index is 1.92. The molecule has 2 heterocycles. The highest BCUT2D eigenvalue weighted by atomic mass is 35.5. The molecule has 0 bridgehead atoms. The van der Waals surface area contributed by atoms with Crippen LogP contribution < -0.4 is 5.32 Å². The van der Waals surface area contributed by atoms with Gasteiger partial charge in [-0.05, 0) is 37.3 Å². The summed E-state index contributed by atoms with van der Waals surface area (Å²) in [6.45, 7) is 1.84. The largest absolute Gasteiger partial charge is 0.450 e. The Bertz CT molecular complexity index is 1040. The lowest BCUT2D eigenvalue weighted by Gasteiger charge is -2.08. The van der Waals surface area contributed by atoms with Crippen LogP contribution in [0.15, 0.2) is 46.9 Å². The van der Waals surface area contributed by atoms with Gasteiger partial charge in [0.2, 0.25) is 0 Å². The van der Waals surface area contributed by atoms with Crippen molar-refractivity contribution in [2.24, 2.45) is 0 Å². The second kappa shape index (κ2) is 5.41. The van der Waals surface area contributed by atoms with Crippen molar-refractivity contribution in [3.8, 4) is 0 Å². The zero-order valence-electron chi connectivity index (χ0n) is 12.1. The first kappa shape index (κ1) is 14.3. The Morgan fingerprint density at radius 3 is 2.70 bits per heavy atom. The summed E-state index contributed by atoms with van der Waals surface area (Å²) < 4.78 is 5.92. The Morgan fingerprint density at radius 1 is 1.04 bits per heavy atom. The molecule has 0 spiro atoms. The van der Waals surface area contributed by atoms with Gasteiger partial charge in [-0.2, -0.15) is 0 Å². The van der Waals surface area contributed by atoms with Gasteiger partial charge in [-0.1, -0.05) is 35.3 Å². The average molecular weight is 344 g/mol. The molecule has 2 aromatic carbocycles. The van der Waals surface area contributed by atoms with E-state index >= 15 is 0 Å². The van der Waals surface area contributed by atoms with E-state index in [0.29, 0.717) is 33.0 Å². The van der Waals surface area contributed by atoms with Gasteiger partial charge in [0.25, 0.3) is 0 Å². The van der Waals surface area contributed by atoms with Gasteiger partial charge in [-0.25, -0.2) is 9.97 Å². The molecule has 4 aromatic rings. The maximum absolute atomic E-state index is 6.23. The molecule has 114 valence electrons. The third-order valence-corrected chi connectivity index (χ3v) is 4.06. The molecular weight excluding hydrogens is 333 g/mol. The normalized spacial score (nSPS) is 11.3. The van der Waals surface area contributed by atoms with Crippen LogP contribution in [0.4, 0.5) is 11.5 Å². The highest BCUT2D eigenvalue weighted by Crippen LogP contribution is 2.34. The fourth-order valence-electron chi connectivity index (χ4n) is 2.51. The van der Waals surface area contributed by atoms with E-state index in [2.05, 4.69) is 15.3 Å². The van der Waals surface area contributed by atoms with Crippen LogP contribution in [-0.4, -0.2) is 9.97 Å². The summed E-state index contributed by atoms with van der Waals surface area (Å²) in [5.74, 6) is 1.23. The summed E-state index contributed by atoms with van der Waals surface area (Å²) in [6.07, 6.45) is 0. The number of hydrogen-bond acceptors (Lipinski definition) is 4. The molecule has 0 atom stereocenters. The van der Waals surface area contributed by atoms with Gasteiger partial charge in [0.15, 0.2) is 11.4 Å². The van der Waals surface area contributed by atoms with Crippen molar-refractivity contribution in [3.63, 3.8) is 0 Å². The first-order valence-corrected chi connectivity index (χ1v) is 7.75. The minimum absolute atomic E-state index is 0.512. The number of halogens is 2. The molecule has 6 heteroatoms. The molecule has 0 aliphatic rings. The van der Waals surface area contributed by atoms with Gasteiger partial charge in [-0.15, -0.1) is 0 Å². The molecule has 0 radical (unpaired) electrons. The Morgan fingerprint density at radius 2 is 1.87 bits per heavy atom. The van der Waals surface area contributed by atoms with Crippen LogP contribution in [0.1, 0.15) is 5.82 Å². The highest BCUT2D eigenvalue weighted by Gasteiger charge is 2.15. The quantitative estimate of drug-likeness (QED) is 0.504. The second-order valence-electron chi connectivity index (χ2n) is 5.14. The van der Waals surface area contributed by atoms with Gasteiger partial charge in [0, 0.05) is 10.4 Å². The van der Waals surface area contributed by atoms with E-state index in [4.69, 9.17) is 27.6 Å². The molecule has 0 saturated carbocycles. The van der Waals surface area contributed by atoms with E-state index < -0.39 is 0 Å². The van der Waals surface area contributed by atoms with Crippen LogP contribution in [0, 0.1) is 6.92 Å². The van der Waals surface area contributed by atoms with Gasteiger partial charge in [0.05, 0.1) is 10.7 Å². The number of nitrogens with zero attached hydrogens (tertiary/aromatic N) is 2. The van der Waals surface area contributed by atoms with E-state index in [0.717, 1.165) is 16.5 Å². The van der Waals surface area contributed by atoms with Crippen LogP contribution in [0.3, 0.4) is 0 Å². The van der Waals surface area contributed by atoms with Gasteiger partial charge < -0.3 is 9.73 Å². The number of para-hydroxylation sites is 1. The lowest BCUT2D eigenvalue weighted by molar-refractivity contribution is 0.666. The van der Waals surface area contributed by atoms with Crippen molar-refractivity contribution in [1.82, 2.24) is 9.97 Å². The molecule has 4 nitrogen and oxygen atoms in total. The van der Waals surface area contributed by atoms with Crippen LogP contribution in [0.25, 0.3) is 22.1 Å². The van der Waals surface area contributed by atoms with Crippen LogP contribution in [-0.2, 0) is 0 Å². The summed E-state index contributed by atoms with van der Waals surface area (Å²) in [5.41, 5.74) is 2.85. The predicted molar refractivity (Wildman–Crippen MR) is 93.8 cm³/mol. The minimum Gasteiger partial charge on any atom is -0.450 e. The smallest absolute Gasteiger partial charge is 0.196 e. The maximum atomic E-state index is 6.23. The summed E-state index contributed by atoms with van der Waals surface area (Å²) in [4.78, 5) is 8.95. The summed E-state index contributed by atoms with van der Waals surface area (Å²) in [7, 11) is 0. The lowest BCUT2D eigenvalue weighted by atomic mass is 10.2. The SMILES string of the molecule is Cc1nc(Nc2ccc(Cl)cc2Cl)c2oc3ccccc3c2n1. The maximum Gasteiger partial charge on any atom is 0.196 e. The van der Waals surface area contributed by atoms with Crippen molar-refractivity contribution < 1.29 is 4.42 Å². The number of anilines is 2. The zero-order valence-corrected chi connectivity index (χ0v) is 13.6. The third-order valence-electron chi connectivity index (χ3n) is 3.52. The summed E-state index contributed by atoms with van der Waals surface area (Å²) in [5, 5.41) is 5.25. The molecule has 0 saturated heterocycles. The van der Waals surface area contributed by atoms with Crippen LogP contribution in [0.5, 0.6) is 0 Å². The minimum atomic E-state index is 0.512. The number of furan rings is 1. The first-order valence-electron chi connectivity index (χ1n) is 7.00. The standard InChI is InChI=1S/C17H11Cl2N3O/c1-9-20-15-11-4-2-3-5-14(11)23-16(15)17(21-9)22-13-7-6-10(18)8-12(13)19/h2-8H,1H3,(H,20,21,22). The Kier molecular flexibility index (Phi) is 3.36. The molecule has 0 unspecified atom stereocenters. The third kappa shape index (κ3) is 2.50. The van der Waals surface area contributed by atoms with E-state index in [1.54, 1.807) is 18.2 Å². The molecule has 0 fully saturated rings. The molecule has 0 aliphatic heterocycles. The van der Waals surface area contributed by atoms with Crippen LogP contribution >= 0.6 is 23.2 Å². The number of hydrogen-bond donors (Lipinski definition) is 1. The molecule has 23 heavy (non-hydrogen) atoms. The van der Waals surface area contributed by atoms with E-state index in [1.165, 1.54) is 0 Å². The number of aryl methyl sites for hydroxylation is 1. The van der Waals surface area contributed by atoms with Crippen molar-refractivity contribution in [2.75, 3.05) is 5.32 Å². The predicted octanol–water partition coefficient (Wildman–Crippen LogP) is 5.73. The van der Waals surface area contributed by atoms with E-state index in [-0.39, 0.29) is 0 Å². The molecule has 4 rings (SSSR count). The van der Waals surface area contributed by atoms with E-state index in [9.17, 15) is 0 Å².